The summed E-state index contributed by atoms with van der Waals surface area (Å²) in [4.78, 5) is 6.19. The van der Waals surface area contributed by atoms with Crippen LogP contribution in [0.1, 0.15) is 5.56 Å². The molecule has 182 valence electrons. The zero-order chi connectivity index (χ0) is 24.1. The van der Waals surface area contributed by atoms with Crippen LogP contribution in [0.5, 0.6) is 11.5 Å². The van der Waals surface area contributed by atoms with Gasteiger partial charge >= 0.3 is 0 Å². The molecule has 0 radical (unpaired) electrons. The minimum absolute atomic E-state index is 0.0533. The number of fused-ring (bicyclic) bond motifs is 3. The van der Waals surface area contributed by atoms with E-state index in [1.54, 1.807) is 41.3 Å². The zero-order valence-electron chi connectivity index (χ0n) is 18.5. The normalized spacial score (nSPS) is 14.4. The molecular weight excluding hydrogens is 473 g/mol. The van der Waals surface area contributed by atoms with Crippen molar-refractivity contribution in [3.63, 3.8) is 0 Å². The maximum atomic E-state index is 13.3. The van der Waals surface area contributed by atoms with Crippen LogP contribution >= 0.6 is 11.6 Å². The fourth-order valence-corrected chi connectivity index (χ4v) is 4.43. The van der Waals surface area contributed by atoms with E-state index in [0.29, 0.717) is 39.3 Å². The minimum Gasteiger partial charge on any atom is -0.495 e. The molecular formula is C24H24ClF3N2O4. The van der Waals surface area contributed by atoms with Gasteiger partial charge in [0.2, 0.25) is 0 Å². The Labute approximate surface area is 200 Å². The molecule has 6 nitrogen and oxygen atoms in total. The third-order valence-corrected chi connectivity index (χ3v) is 5.75. The topological polar surface area (TPSA) is 53.1 Å². The van der Waals surface area contributed by atoms with Gasteiger partial charge in [-0.3, -0.25) is 4.90 Å². The van der Waals surface area contributed by atoms with Gasteiger partial charge in [-0.1, -0.05) is 35.9 Å². The number of alkyl halides is 3. The van der Waals surface area contributed by atoms with Gasteiger partial charge in [0.15, 0.2) is 0 Å². The SMILES string of the molecule is COc1ccccc1N1c2c(c(Cl)nc3c(OCCF)cccc23)CC1(OCCF)OCCF. The summed E-state index contributed by atoms with van der Waals surface area (Å²) in [6, 6.07) is 12.4. The van der Waals surface area contributed by atoms with Gasteiger partial charge in [0.25, 0.3) is 5.91 Å². The van der Waals surface area contributed by atoms with Gasteiger partial charge in [0, 0.05) is 10.9 Å². The Kier molecular flexibility index (Phi) is 7.65. The van der Waals surface area contributed by atoms with Gasteiger partial charge in [-0.25, -0.2) is 18.2 Å². The predicted octanol–water partition coefficient (Wildman–Crippen LogP) is 5.57. The molecule has 34 heavy (non-hydrogen) atoms. The largest absolute Gasteiger partial charge is 0.495 e. The van der Waals surface area contributed by atoms with E-state index >= 15 is 0 Å². The van der Waals surface area contributed by atoms with Crippen LogP contribution in [0.2, 0.25) is 5.15 Å². The molecule has 0 aliphatic carbocycles. The van der Waals surface area contributed by atoms with E-state index in [2.05, 4.69) is 4.98 Å². The van der Waals surface area contributed by atoms with Crippen molar-refractivity contribution in [2.45, 2.75) is 12.3 Å². The van der Waals surface area contributed by atoms with Crippen molar-refractivity contribution in [3.8, 4) is 11.5 Å². The highest BCUT2D eigenvalue weighted by Crippen LogP contribution is 2.53. The van der Waals surface area contributed by atoms with Crippen LogP contribution in [0.15, 0.2) is 42.5 Å². The Morgan fingerprint density at radius 2 is 1.62 bits per heavy atom. The number of methoxy groups -OCH3 is 1. The molecule has 1 aliphatic rings. The van der Waals surface area contributed by atoms with Gasteiger partial charge < -0.3 is 18.9 Å². The van der Waals surface area contributed by atoms with Crippen molar-refractivity contribution in [1.82, 2.24) is 4.98 Å². The second-order valence-electron chi connectivity index (χ2n) is 7.39. The number of hydrogen-bond donors (Lipinski definition) is 0. The fourth-order valence-electron chi connectivity index (χ4n) is 4.19. The zero-order valence-corrected chi connectivity index (χ0v) is 19.3. The number of ether oxygens (including phenoxy) is 4. The fraction of sp³-hybridized carbons (Fsp3) is 0.375. The summed E-state index contributed by atoms with van der Waals surface area (Å²) >= 11 is 6.62. The van der Waals surface area contributed by atoms with E-state index in [0.717, 1.165) is 0 Å². The van der Waals surface area contributed by atoms with Crippen LogP contribution in [0, 0.1) is 0 Å². The second-order valence-corrected chi connectivity index (χ2v) is 7.75. The Balaban J connectivity index is 2.01. The van der Waals surface area contributed by atoms with Gasteiger partial charge in [-0.15, -0.1) is 0 Å². The Bertz CT molecular complexity index is 1140. The number of nitrogens with zero attached hydrogens (tertiary/aromatic N) is 2. The minimum atomic E-state index is -1.61. The highest BCUT2D eigenvalue weighted by atomic mass is 35.5. The molecule has 0 saturated heterocycles. The summed E-state index contributed by atoms with van der Waals surface area (Å²) < 4.78 is 62.3. The highest BCUT2D eigenvalue weighted by Gasteiger charge is 2.50. The van der Waals surface area contributed by atoms with E-state index in [1.807, 2.05) is 6.07 Å². The lowest BCUT2D eigenvalue weighted by Crippen LogP contribution is -2.50. The molecule has 0 unspecified atom stereocenters. The van der Waals surface area contributed by atoms with Crippen LogP contribution in [0.25, 0.3) is 10.9 Å². The summed E-state index contributed by atoms with van der Waals surface area (Å²) in [7, 11) is 1.52. The van der Waals surface area contributed by atoms with Crippen LogP contribution in [0.4, 0.5) is 24.5 Å². The number of pyridine rings is 1. The molecule has 0 atom stereocenters. The predicted molar refractivity (Wildman–Crippen MR) is 124 cm³/mol. The summed E-state index contributed by atoms with van der Waals surface area (Å²) in [5.74, 6) is -0.769. The molecule has 0 bridgehead atoms. The molecule has 3 aromatic rings. The number of benzene rings is 2. The summed E-state index contributed by atoms with van der Waals surface area (Å²) in [6.07, 6.45) is 0.0533. The van der Waals surface area contributed by atoms with Gasteiger partial charge in [0.1, 0.15) is 48.8 Å². The molecule has 1 aromatic heterocycles. The summed E-state index contributed by atoms with van der Waals surface area (Å²) in [5.41, 5.74) is 2.09. The van der Waals surface area contributed by atoms with Crippen molar-refractivity contribution >= 4 is 33.9 Å². The molecule has 0 amide bonds. The number of rotatable bonds is 11. The Hall–Kier alpha value is -2.75. The standard InChI is InChI=1S/C24H24ClF3N2O4/c1-31-19-7-3-2-6-18(19)30-22-16-5-4-8-20(32-12-9-26)21(16)29-23(25)17(22)15-24(30,33-13-10-27)34-14-11-28/h2-8H,9-15H2,1H3. The van der Waals surface area contributed by atoms with Crippen LogP contribution < -0.4 is 14.4 Å². The first-order chi connectivity index (χ1) is 16.6. The average Bonchev–Trinajstić information content (AvgIpc) is 3.21. The first-order valence-electron chi connectivity index (χ1n) is 10.7. The maximum Gasteiger partial charge on any atom is 0.260 e. The van der Waals surface area contributed by atoms with Gasteiger partial charge in [0.05, 0.1) is 38.1 Å². The van der Waals surface area contributed by atoms with Crippen molar-refractivity contribution in [2.24, 2.45) is 0 Å². The Morgan fingerprint density at radius 1 is 0.941 bits per heavy atom. The maximum absolute atomic E-state index is 13.3. The monoisotopic (exact) mass is 496 g/mol. The molecule has 2 heterocycles. The van der Waals surface area contributed by atoms with E-state index in [4.69, 9.17) is 30.5 Å². The van der Waals surface area contributed by atoms with E-state index in [9.17, 15) is 13.2 Å². The van der Waals surface area contributed by atoms with E-state index in [1.165, 1.54) is 7.11 Å². The van der Waals surface area contributed by atoms with Crippen LogP contribution in [0.3, 0.4) is 0 Å². The first kappa shape index (κ1) is 24.4. The first-order valence-corrected chi connectivity index (χ1v) is 11.1. The third-order valence-electron chi connectivity index (χ3n) is 5.43. The van der Waals surface area contributed by atoms with Crippen molar-refractivity contribution in [3.05, 3.63) is 53.2 Å². The average molecular weight is 497 g/mol. The molecule has 2 aromatic carbocycles. The number of para-hydroxylation sites is 3. The summed E-state index contributed by atoms with van der Waals surface area (Å²) in [6.45, 7) is -2.94. The lowest BCUT2D eigenvalue weighted by molar-refractivity contribution is -0.229. The van der Waals surface area contributed by atoms with Gasteiger partial charge in [-0.2, -0.15) is 0 Å². The lowest BCUT2D eigenvalue weighted by atomic mass is 10.1. The molecule has 0 N–H and O–H groups in total. The van der Waals surface area contributed by atoms with Crippen molar-refractivity contribution in [2.75, 3.05) is 51.9 Å². The molecule has 0 saturated carbocycles. The third kappa shape index (κ3) is 4.35. The summed E-state index contributed by atoms with van der Waals surface area (Å²) in [5, 5.41) is 0.768. The smallest absolute Gasteiger partial charge is 0.260 e. The number of anilines is 2. The van der Waals surface area contributed by atoms with E-state index < -0.39 is 25.9 Å². The van der Waals surface area contributed by atoms with Gasteiger partial charge in [-0.05, 0) is 18.2 Å². The number of halogens is 4. The van der Waals surface area contributed by atoms with Crippen molar-refractivity contribution < 1.29 is 32.1 Å². The second kappa shape index (κ2) is 10.7. The number of aromatic nitrogens is 1. The lowest BCUT2D eigenvalue weighted by Gasteiger charge is -2.39. The Morgan fingerprint density at radius 3 is 2.29 bits per heavy atom. The van der Waals surface area contributed by atoms with Crippen LogP contribution in [-0.2, 0) is 15.9 Å². The molecule has 0 fully saturated rings. The molecule has 1 aliphatic heterocycles. The van der Waals surface area contributed by atoms with Crippen LogP contribution in [-0.4, -0.2) is 57.8 Å². The highest BCUT2D eigenvalue weighted by molar-refractivity contribution is 6.31. The quantitative estimate of drug-likeness (QED) is 0.256. The molecule has 10 heteroatoms. The number of hydrogen-bond acceptors (Lipinski definition) is 6. The van der Waals surface area contributed by atoms with Crippen molar-refractivity contribution in [1.29, 1.82) is 0 Å². The van der Waals surface area contributed by atoms with E-state index in [-0.39, 0.29) is 31.4 Å². The molecule has 0 spiro atoms. The molecule has 4 rings (SSSR count).